The highest BCUT2D eigenvalue weighted by molar-refractivity contribution is 5.92. The summed E-state index contributed by atoms with van der Waals surface area (Å²) < 4.78 is 0. The molecule has 3 heteroatoms. The summed E-state index contributed by atoms with van der Waals surface area (Å²) in [4.78, 5) is 7.42. The zero-order valence-electron chi connectivity index (χ0n) is 51.8. The van der Waals surface area contributed by atoms with Crippen molar-refractivity contribution in [3.8, 4) is 22.3 Å². The van der Waals surface area contributed by atoms with Crippen LogP contribution < -0.4 is 14.7 Å². The van der Waals surface area contributed by atoms with Crippen LogP contribution in [0.4, 0.5) is 45.5 Å². The van der Waals surface area contributed by atoms with Gasteiger partial charge in [0.1, 0.15) is 0 Å². The van der Waals surface area contributed by atoms with Crippen LogP contribution in [0.3, 0.4) is 0 Å². The summed E-state index contributed by atoms with van der Waals surface area (Å²) in [6.07, 6.45) is 6.91. The van der Waals surface area contributed by atoms with Crippen molar-refractivity contribution < 1.29 is 0 Å². The van der Waals surface area contributed by atoms with E-state index in [1.165, 1.54) is 106 Å². The first kappa shape index (κ1) is 55.0. The summed E-state index contributed by atoms with van der Waals surface area (Å²) >= 11 is 0. The molecule has 10 aromatic rings. The maximum Gasteiger partial charge on any atom is 0.0736 e. The second kappa shape index (κ2) is 20.6. The molecule has 0 spiro atoms. The van der Waals surface area contributed by atoms with Crippen LogP contribution in [0.1, 0.15) is 118 Å². The Morgan fingerprint density at radius 2 is 0.882 bits per heavy atom. The summed E-state index contributed by atoms with van der Waals surface area (Å²) in [5, 5.41) is 0. The maximum atomic E-state index is 5.29. The van der Waals surface area contributed by atoms with E-state index in [1.54, 1.807) is 0 Å². The number of nitrogens with zero attached hydrogens (tertiary/aromatic N) is 3. The molecule has 0 bridgehead atoms. The molecule has 0 aromatic heterocycles. The lowest BCUT2D eigenvalue weighted by Crippen LogP contribution is -2.38. The first-order valence-corrected chi connectivity index (χ1v) is 30.3. The van der Waals surface area contributed by atoms with E-state index < -0.39 is 5.41 Å². The summed E-state index contributed by atoms with van der Waals surface area (Å²) in [6, 6.07) is 76.0. The van der Waals surface area contributed by atoms with Crippen LogP contribution in [0.15, 0.2) is 236 Å². The molecule has 13 rings (SSSR count). The Balaban J connectivity index is 1.01. The first-order valence-electron chi connectivity index (χ1n) is 30.3. The van der Waals surface area contributed by atoms with Crippen LogP contribution in [0.2, 0.25) is 0 Å². The van der Waals surface area contributed by atoms with Gasteiger partial charge in [0, 0.05) is 50.7 Å². The Morgan fingerprint density at radius 3 is 1.49 bits per heavy atom. The minimum absolute atomic E-state index is 0.158. The summed E-state index contributed by atoms with van der Waals surface area (Å²) in [5.41, 5.74) is 34.0. The van der Waals surface area contributed by atoms with Gasteiger partial charge in [-0.25, -0.2) is 0 Å². The van der Waals surface area contributed by atoms with Gasteiger partial charge in [0.15, 0.2) is 0 Å². The standard InChI is InChI=1S/C82H77N3/c1-15-61(83(78-47-55(6)53(4)45-57(78)8)64-39-41-68-66-22-16-18-24-70(66)80(11,12)73(68)49-64)36-31-59(10)82(72-26-20-21-27-76(72)85(63-34-28-51(2)29-35-63)77-43-30-52(3)44-75(77)82)60-32-37-62(38-33-60)84(79-48-56(7)54(5)46-58(79)9)65-40-42-69-67-23-17-19-25-71(67)81(13,14)74(69)50-65/h15-50H,10H2,1-9,11-14H3/b36-31-,61-15+. The zero-order valence-corrected chi connectivity index (χ0v) is 51.8. The lowest BCUT2D eigenvalue weighted by atomic mass is 9.62. The number of fused-ring (bicyclic) bond motifs is 8. The Morgan fingerprint density at radius 1 is 0.400 bits per heavy atom. The van der Waals surface area contributed by atoms with Gasteiger partial charge in [-0.15, -0.1) is 0 Å². The SMILES string of the molecule is C=C(/C=C\C(=C/C)N(c1ccc2c(c1)C(C)(C)c1ccccc1-2)c1cc(C)c(C)cc1C)C1(c2ccc(N(c3ccc4c(c3)C(C)(C)c3ccccc3-4)c3cc(C)c(C)cc3C)cc2)c2ccccc2N(c2ccc(C)cc2)c2ccc(C)cc21. The fraction of sp³-hybridized carbons (Fsp3) is 0.195. The van der Waals surface area contributed by atoms with E-state index in [1.807, 2.05) is 0 Å². The minimum Gasteiger partial charge on any atom is -0.311 e. The quantitative estimate of drug-likeness (QED) is 0.120. The van der Waals surface area contributed by atoms with Crippen LogP contribution in [0.25, 0.3) is 22.3 Å². The Labute approximate surface area is 505 Å². The van der Waals surface area contributed by atoms with E-state index in [9.17, 15) is 0 Å². The number of benzene rings is 10. The van der Waals surface area contributed by atoms with E-state index in [2.05, 4.69) is 323 Å². The van der Waals surface area contributed by atoms with Crippen LogP contribution in [0.5, 0.6) is 0 Å². The van der Waals surface area contributed by atoms with E-state index >= 15 is 0 Å². The molecule has 420 valence electrons. The largest absolute Gasteiger partial charge is 0.311 e. The van der Waals surface area contributed by atoms with Gasteiger partial charge in [-0.2, -0.15) is 0 Å². The monoisotopic (exact) mass is 1100 g/mol. The van der Waals surface area contributed by atoms with Crippen LogP contribution >= 0.6 is 0 Å². The Bertz CT molecular complexity index is 4430. The predicted octanol–water partition coefficient (Wildman–Crippen LogP) is 22.2. The van der Waals surface area contributed by atoms with Gasteiger partial charge >= 0.3 is 0 Å². The number of para-hydroxylation sites is 1. The fourth-order valence-corrected chi connectivity index (χ4v) is 14.6. The number of hydrogen-bond donors (Lipinski definition) is 0. The third-order valence-corrected chi connectivity index (χ3v) is 19.4. The Kier molecular flexibility index (Phi) is 13.3. The van der Waals surface area contributed by atoms with Gasteiger partial charge in [0.05, 0.1) is 16.8 Å². The number of hydrogen-bond acceptors (Lipinski definition) is 3. The lowest BCUT2D eigenvalue weighted by Gasteiger charge is -2.47. The smallest absolute Gasteiger partial charge is 0.0736 e. The maximum absolute atomic E-state index is 5.29. The van der Waals surface area contributed by atoms with Gasteiger partial charge in [-0.3, -0.25) is 0 Å². The molecule has 0 saturated heterocycles. The van der Waals surface area contributed by atoms with Gasteiger partial charge in [-0.05, 0) is 241 Å². The number of anilines is 8. The molecule has 3 aliphatic rings. The second-order valence-corrected chi connectivity index (χ2v) is 25.5. The molecule has 0 N–H and O–H groups in total. The van der Waals surface area contributed by atoms with Crippen LogP contribution in [0, 0.1) is 55.4 Å². The van der Waals surface area contributed by atoms with Crippen molar-refractivity contribution in [1.29, 1.82) is 0 Å². The molecule has 1 aliphatic heterocycles. The molecule has 2 aliphatic carbocycles. The molecule has 10 aromatic carbocycles. The second-order valence-electron chi connectivity index (χ2n) is 25.5. The highest BCUT2D eigenvalue weighted by Gasteiger charge is 2.47. The van der Waals surface area contributed by atoms with Crippen molar-refractivity contribution in [2.45, 2.75) is 106 Å². The molecule has 1 heterocycles. The zero-order chi connectivity index (χ0) is 59.4. The molecule has 1 atom stereocenters. The van der Waals surface area contributed by atoms with Crippen molar-refractivity contribution in [1.82, 2.24) is 0 Å². The molecule has 0 radical (unpaired) electrons. The van der Waals surface area contributed by atoms with E-state index in [4.69, 9.17) is 6.58 Å². The topological polar surface area (TPSA) is 9.72 Å². The first-order chi connectivity index (χ1) is 40.8. The number of allylic oxidation sites excluding steroid dienone is 4. The normalized spacial score (nSPS) is 15.9. The summed E-state index contributed by atoms with van der Waals surface area (Å²) in [7, 11) is 0. The third kappa shape index (κ3) is 8.68. The molecule has 85 heavy (non-hydrogen) atoms. The molecular formula is C82H77N3. The molecule has 0 amide bonds. The van der Waals surface area contributed by atoms with Gasteiger partial charge in [-0.1, -0.05) is 185 Å². The Hall–Kier alpha value is -9.18. The minimum atomic E-state index is -0.845. The molecular weight excluding hydrogens is 1030 g/mol. The van der Waals surface area contributed by atoms with Gasteiger partial charge < -0.3 is 14.7 Å². The highest BCUT2D eigenvalue weighted by Crippen LogP contribution is 2.59. The average Bonchev–Trinajstić information content (AvgIpc) is 1.53. The van der Waals surface area contributed by atoms with E-state index in [0.717, 1.165) is 56.6 Å². The molecule has 3 nitrogen and oxygen atoms in total. The number of rotatable bonds is 11. The van der Waals surface area contributed by atoms with Gasteiger partial charge in [0.2, 0.25) is 0 Å². The lowest BCUT2D eigenvalue weighted by molar-refractivity contribution is 0.660. The summed E-state index contributed by atoms with van der Waals surface area (Å²) in [6.45, 7) is 34.7. The van der Waals surface area contributed by atoms with Crippen molar-refractivity contribution >= 4 is 45.5 Å². The molecule has 1 unspecified atom stereocenters. The number of aryl methyl sites for hydroxylation is 8. The van der Waals surface area contributed by atoms with Crippen LogP contribution in [-0.4, -0.2) is 0 Å². The highest BCUT2D eigenvalue weighted by atomic mass is 15.2. The van der Waals surface area contributed by atoms with E-state index in [0.29, 0.717) is 0 Å². The van der Waals surface area contributed by atoms with Crippen LogP contribution in [-0.2, 0) is 16.2 Å². The predicted molar refractivity (Wildman–Crippen MR) is 362 cm³/mol. The molecule has 0 saturated carbocycles. The van der Waals surface area contributed by atoms with Crippen molar-refractivity contribution in [2.24, 2.45) is 0 Å². The third-order valence-electron chi connectivity index (χ3n) is 19.4. The summed E-state index contributed by atoms with van der Waals surface area (Å²) in [5.74, 6) is 0. The van der Waals surface area contributed by atoms with Crippen molar-refractivity contribution in [2.75, 3.05) is 14.7 Å². The molecule has 0 fully saturated rings. The van der Waals surface area contributed by atoms with E-state index in [-0.39, 0.29) is 10.8 Å². The van der Waals surface area contributed by atoms with Crippen molar-refractivity contribution in [3.05, 3.63) is 320 Å². The average molecular weight is 1100 g/mol. The van der Waals surface area contributed by atoms with Gasteiger partial charge in [0.25, 0.3) is 0 Å². The fourth-order valence-electron chi connectivity index (χ4n) is 14.6. The van der Waals surface area contributed by atoms with Crippen molar-refractivity contribution in [3.63, 3.8) is 0 Å².